The van der Waals surface area contributed by atoms with E-state index >= 15 is 0 Å². The molecule has 1 N–H and O–H groups in total. The number of nitrogens with one attached hydrogen (secondary N) is 1. The third-order valence-corrected chi connectivity index (χ3v) is 2.87. The van der Waals surface area contributed by atoms with Crippen molar-refractivity contribution in [3.63, 3.8) is 0 Å². The smallest absolute Gasteiger partial charge is 0.264 e. The molecule has 0 unspecified atom stereocenters. The van der Waals surface area contributed by atoms with Gasteiger partial charge in [-0.05, 0) is 37.9 Å². The lowest BCUT2D eigenvalue weighted by molar-refractivity contribution is -0.120. The monoisotopic (exact) mass is 336 g/mol. The lowest BCUT2D eigenvalue weighted by atomic mass is 10.4. The van der Waals surface area contributed by atoms with Crippen LogP contribution in [-0.4, -0.2) is 17.5 Å². The van der Waals surface area contributed by atoms with Crippen molar-refractivity contribution in [3.05, 3.63) is 31.6 Å². The maximum absolute atomic E-state index is 11.6. The molecule has 0 aliphatic heterocycles. The average Bonchev–Trinajstić information content (AvgIpc) is 2.20. The van der Waals surface area contributed by atoms with Crippen LogP contribution >= 0.6 is 31.9 Å². The summed E-state index contributed by atoms with van der Waals surface area (Å²) in [6.07, 6.45) is 1.95. The van der Waals surface area contributed by atoms with Crippen LogP contribution in [0.1, 0.15) is 6.42 Å². The largest absolute Gasteiger partial charge is 0.359 e. The number of amides is 1. The minimum atomic E-state index is -0.137. The molecule has 1 heterocycles. The molecule has 0 fully saturated rings. The van der Waals surface area contributed by atoms with E-state index in [4.69, 9.17) is 0 Å². The average molecular weight is 338 g/mol. The normalized spacial score (nSPS) is 10.1. The van der Waals surface area contributed by atoms with Gasteiger partial charge in [-0.1, -0.05) is 0 Å². The molecule has 0 saturated heterocycles. The molecule has 1 aromatic heterocycles. The number of carbonyl (C=O) groups is 1. The first-order chi connectivity index (χ1) is 7.04. The molecule has 0 saturated carbocycles. The van der Waals surface area contributed by atoms with Crippen molar-refractivity contribution in [2.45, 2.75) is 13.0 Å². The highest BCUT2D eigenvalue weighted by molar-refractivity contribution is 9.11. The fourth-order valence-electron chi connectivity index (χ4n) is 1.08. The second-order valence-electron chi connectivity index (χ2n) is 2.93. The Kier molecular flexibility index (Phi) is 4.53. The highest BCUT2D eigenvalue weighted by atomic mass is 79.9. The summed E-state index contributed by atoms with van der Waals surface area (Å²) in [6, 6.07) is 1.68. The van der Waals surface area contributed by atoms with Crippen molar-refractivity contribution in [1.29, 1.82) is 0 Å². The summed E-state index contributed by atoms with van der Waals surface area (Å²) in [5.41, 5.74) is -0.137. The zero-order valence-electron chi connectivity index (χ0n) is 8.09. The quantitative estimate of drug-likeness (QED) is 0.909. The highest BCUT2D eigenvalue weighted by Gasteiger charge is 2.04. The number of aromatic nitrogens is 1. The number of hydrogen-bond acceptors (Lipinski definition) is 2. The number of aryl methyl sites for hydroxylation is 1. The van der Waals surface area contributed by atoms with E-state index in [0.29, 0.717) is 17.4 Å². The molecule has 1 amide bonds. The Labute approximate surface area is 104 Å². The number of halogens is 2. The van der Waals surface area contributed by atoms with Crippen LogP contribution in [0.2, 0.25) is 0 Å². The Morgan fingerprint density at radius 3 is 2.80 bits per heavy atom. The topological polar surface area (TPSA) is 51.1 Å². The molecule has 82 valence electrons. The van der Waals surface area contributed by atoms with Crippen LogP contribution in [-0.2, 0) is 11.3 Å². The minimum absolute atomic E-state index is 0.0852. The number of carbonyl (C=O) groups excluding carboxylic acids is 1. The molecule has 1 rings (SSSR count). The number of nitrogens with zero attached hydrogens (tertiary/aromatic N) is 1. The van der Waals surface area contributed by atoms with E-state index in [2.05, 4.69) is 37.2 Å². The first kappa shape index (κ1) is 12.4. The van der Waals surface area contributed by atoms with E-state index in [1.165, 1.54) is 4.57 Å². The van der Waals surface area contributed by atoms with Gasteiger partial charge in [-0.15, -0.1) is 0 Å². The van der Waals surface area contributed by atoms with E-state index in [-0.39, 0.29) is 11.5 Å². The van der Waals surface area contributed by atoms with Gasteiger partial charge in [0.1, 0.15) is 0 Å². The molecule has 0 atom stereocenters. The Bertz CT molecular complexity index is 429. The van der Waals surface area contributed by atoms with Gasteiger partial charge in [0.2, 0.25) is 5.91 Å². The molecular formula is C9H10Br2N2O2. The third kappa shape index (κ3) is 3.46. The Morgan fingerprint density at radius 2 is 2.20 bits per heavy atom. The van der Waals surface area contributed by atoms with Crippen LogP contribution in [0, 0.1) is 0 Å². The summed E-state index contributed by atoms with van der Waals surface area (Å²) < 4.78 is 2.77. The summed E-state index contributed by atoms with van der Waals surface area (Å²) in [6.45, 7) is 0.372. The zero-order valence-corrected chi connectivity index (χ0v) is 11.3. The molecule has 6 heteroatoms. The Morgan fingerprint density at radius 1 is 1.53 bits per heavy atom. The van der Waals surface area contributed by atoms with Crippen molar-refractivity contribution < 1.29 is 4.79 Å². The van der Waals surface area contributed by atoms with E-state index in [1.54, 1.807) is 19.3 Å². The Balaban J connectivity index is 2.86. The maximum atomic E-state index is 11.6. The standard InChI is InChI=1S/C9H10Br2N2O2/c1-12-8(14)2-3-13-5-6(10)4-7(11)9(13)15/h4-5H,2-3H2,1H3,(H,12,14). The molecule has 0 aliphatic rings. The minimum Gasteiger partial charge on any atom is -0.359 e. The van der Waals surface area contributed by atoms with Gasteiger partial charge in [0.25, 0.3) is 5.56 Å². The fourth-order valence-corrected chi connectivity index (χ4v) is 2.34. The van der Waals surface area contributed by atoms with Gasteiger partial charge in [-0.25, -0.2) is 0 Å². The molecule has 0 radical (unpaired) electrons. The molecular weight excluding hydrogens is 328 g/mol. The van der Waals surface area contributed by atoms with Crippen molar-refractivity contribution in [1.82, 2.24) is 9.88 Å². The lowest BCUT2D eigenvalue weighted by Crippen LogP contribution is -2.25. The maximum Gasteiger partial charge on any atom is 0.264 e. The first-order valence-electron chi connectivity index (χ1n) is 4.30. The second kappa shape index (κ2) is 5.46. The van der Waals surface area contributed by atoms with Crippen LogP contribution < -0.4 is 10.9 Å². The van der Waals surface area contributed by atoms with E-state index in [1.807, 2.05) is 0 Å². The molecule has 15 heavy (non-hydrogen) atoms. The second-order valence-corrected chi connectivity index (χ2v) is 4.70. The van der Waals surface area contributed by atoms with Gasteiger partial charge in [-0.2, -0.15) is 0 Å². The van der Waals surface area contributed by atoms with Crippen LogP contribution in [0.4, 0.5) is 0 Å². The first-order valence-corrected chi connectivity index (χ1v) is 5.89. The summed E-state index contributed by atoms with van der Waals surface area (Å²) in [4.78, 5) is 22.6. The highest BCUT2D eigenvalue weighted by Crippen LogP contribution is 2.12. The summed E-state index contributed by atoms with van der Waals surface area (Å²) in [5, 5.41) is 2.51. The molecule has 0 spiro atoms. The van der Waals surface area contributed by atoms with E-state index < -0.39 is 0 Å². The third-order valence-electron chi connectivity index (χ3n) is 1.87. The zero-order chi connectivity index (χ0) is 11.4. The van der Waals surface area contributed by atoms with Gasteiger partial charge in [0.05, 0.1) is 4.47 Å². The van der Waals surface area contributed by atoms with Crippen LogP contribution in [0.3, 0.4) is 0 Å². The summed E-state index contributed by atoms with van der Waals surface area (Å²) in [7, 11) is 1.57. The number of rotatable bonds is 3. The SMILES string of the molecule is CNC(=O)CCn1cc(Br)cc(Br)c1=O. The number of hydrogen-bond donors (Lipinski definition) is 1. The van der Waals surface area contributed by atoms with Gasteiger partial charge in [-0.3, -0.25) is 9.59 Å². The van der Waals surface area contributed by atoms with Gasteiger partial charge in [0.15, 0.2) is 0 Å². The molecule has 0 aromatic carbocycles. The van der Waals surface area contributed by atoms with Crippen molar-refractivity contribution in [2.75, 3.05) is 7.05 Å². The predicted molar refractivity (Wildman–Crippen MR) is 64.8 cm³/mol. The predicted octanol–water partition coefficient (Wildman–Crippen LogP) is 1.51. The summed E-state index contributed by atoms with van der Waals surface area (Å²) in [5.74, 6) is -0.0852. The van der Waals surface area contributed by atoms with E-state index in [9.17, 15) is 9.59 Å². The molecule has 0 bridgehead atoms. The van der Waals surface area contributed by atoms with Crippen molar-refractivity contribution >= 4 is 37.8 Å². The molecule has 0 aliphatic carbocycles. The molecule has 4 nitrogen and oxygen atoms in total. The van der Waals surface area contributed by atoms with Crippen molar-refractivity contribution in [3.8, 4) is 0 Å². The lowest BCUT2D eigenvalue weighted by Gasteiger charge is -2.06. The van der Waals surface area contributed by atoms with Crippen LogP contribution in [0.15, 0.2) is 26.0 Å². The van der Waals surface area contributed by atoms with Crippen molar-refractivity contribution in [2.24, 2.45) is 0 Å². The van der Waals surface area contributed by atoms with Gasteiger partial charge in [0, 0.05) is 30.7 Å². The van der Waals surface area contributed by atoms with Gasteiger partial charge < -0.3 is 9.88 Å². The molecule has 1 aromatic rings. The van der Waals surface area contributed by atoms with Crippen LogP contribution in [0.25, 0.3) is 0 Å². The van der Waals surface area contributed by atoms with Gasteiger partial charge >= 0.3 is 0 Å². The Hall–Kier alpha value is -0.620. The fraction of sp³-hybridized carbons (Fsp3) is 0.333. The van der Waals surface area contributed by atoms with E-state index in [0.717, 1.165) is 4.47 Å². The van der Waals surface area contributed by atoms with Crippen LogP contribution in [0.5, 0.6) is 0 Å². The summed E-state index contributed by atoms with van der Waals surface area (Å²) >= 11 is 6.44. The number of pyridine rings is 1.